The van der Waals surface area contributed by atoms with Crippen molar-refractivity contribution < 1.29 is 12.8 Å². The molecule has 40 heavy (non-hydrogen) atoms. The van der Waals surface area contributed by atoms with Crippen molar-refractivity contribution in [3.63, 3.8) is 0 Å². The average molecular weight is 585 g/mol. The van der Waals surface area contributed by atoms with Gasteiger partial charge in [-0.05, 0) is 49.6 Å². The molecule has 212 valence electrons. The number of nitrogens with zero attached hydrogens (tertiary/aromatic N) is 6. The maximum Gasteiger partial charge on any atom is 0.154 e. The Hall–Kier alpha value is -3.08. The summed E-state index contributed by atoms with van der Waals surface area (Å²) in [4.78, 5) is 18.1. The number of anilines is 1. The van der Waals surface area contributed by atoms with Crippen molar-refractivity contribution in [2.24, 2.45) is 0 Å². The Balaban J connectivity index is 1.62. The fourth-order valence-electron chi connectivity index (χ4n) is 5.47. The van der Waals surface area contributed by atoms with E-state index in [1.165, 1.54) is 18.5 Å². The highest BCUT2D eigenvalue weighted by Gasteiger charge is 2.25. The van der Waals surface area contributed by atoms with Crippen LogP contribution in [0.15, 0.2) is 49.2 Å². The lowest BCUT2D eigenvalue weighted by molar-refractivity contribution is 0.220. The van der Waals surface area contributed by atoms with Crippen molar-refractivity contribution in [2.75, 3.05) is 37.3 Å². The second-order valence-corrected chi connectivity index (χ2v) is 12.9. The van der Waals surface area contributed by atoms with Gasteiger partial charge in [-0.1, -0.05) is 31.5 Å². The monoisotopic (exact) mass is 584 g/mol. The van der Waals surface area contributed by atoms with Crippen molar-refractivity contribution in [3.8, 4) is 16.8 Å². The summed E-state index contributed by atoms with van der Waals surface area (Å²) in [5, 5.41) is 0.0660. The van der Waals surface area contributed by atoms with E-state index in [0.717, 1.165) is 49.4 Å². The van der Waals surface area contributed by atoms with Crippen LogP contribution in [0.1, 0.15) is 38.7 Å². The molecule has 3 aromatic heterocycles. The normalized spacial score (nSPS) is 15.1. The SMILES string of the molecule is CCCS(=O)(=O)Cc1ccc(F)c(-n2cc(-c3cncnc3)c3nc(N(C)C4CCN(CC)CC4)ccc32)c1Cl. The summed E-state index contributed by atoms with van der Waals surface area (Å²) >= 11 is 6.73. The summed E-state index contributed by atoms with van der Waals surface area (Å²) in [6.45, 7) is 7.16. The molecule has 0 atom stereocenters. The largest absolute Gasteiger partial charge is 0.357 e. The molecule has 1 aromatic carbocycles. The molecule has 0 N–H and O–H groups in total. The fraction of sp³-hybridized carbons (Fsp3) is 0.414. The van der Waals surface area contributed by atoms with Gasteiger partial charge in [0.15, 0.2) is 9.84 Å². The van der Waals surface area contributed by atoms with Crippen LogP contribution < -0.4 is 4.90 Å². The summed E-state index contributed by atoms with van der Waals surface area (Å²) < 4.78 is 42.2. The summed E-state index contributed by atoms with van der Waals surface area (Å²) in [6.07, 6.45) is 9.22. The highest BCUT2D eigenvalue weighted by Crippen LogP contribution is 2.37. The number of aromatic nitrogens is 4. The van der Waals surface area contributed by atoms with E-state index < -0.39 is 15.7 Å². The number of benzene rings is 1. The molecule has 8 nitrogen and oxygen atoms in total. The minimum atomic E-state index is -3.38. The van der Waals surface area contributed by atoms with Crippen molar-refractivity contribution >= 4 is 38.3 Å². The predicted molar refractivity (Wildman–Crippen MR) is 158 cm³/mol. The van der Waals surface area contributed by atoms with Gasteiger partial charge in [-0.25, -0.2) is 27.8 Å². The van der Waals surface area contributed by atoms with Crippen LogP contribution in [-0.4, -0.2) is 71.3 Å². The van der Waals surface area contributed by atoms with Gasteiger partial charge in [-0.3, -0.25) is 0 Å². The predicted octanol–water partition coefficient (Wildman–Crippen LogP) is 5.52. The Morgan fingerprint density at radius 1 is 1.10 bits per heavy atom. The topological polar surface area (TPSA) is 84.2 Å². The standard InChI is InChI=1S/C29H34ClFN6O2S/c1-4-14-40(38,39)18-20-6-7-24(31)29(27(20)30)37-17-23(21-15-32-19-33-16-21)28-25(37)8-9-26(34-28)35(3)22-10-12-36(5-2)13-11-22/h6-9,15-17,19,22H,4-5,10-14,18H2,1-3H3. The number of hydrogen-bond donors (Lipinski definition) is 0. The molecule has 0 saturated carbocycles. The molecule has 0 spiro atoms. The van der Waals surface area contributed by atoms with Crippen molar-refractivity contribution in [1.82, 2.24) is 24.4 Å². The van der Waals surface area contributed by atoms with Gasteiger partial charge in [-0.2, -0.15) is 0 Å². The molecule has 5 rings (SSSR count). The quantitative estimate of drug-likeness (QED) is 0.256. The first-order valence-corrected chi connectivity index (χ1v) is 15.8. The number of hydrogen-bond acceptors (Lipinski definition) is 7. The Morgan fingerprint density at radius 2 is 1.82 bits per heavy atom. The molecule has 4 heterocycles. The van der Waals surface area contributed by atoms with E-state index in [0.29, 0.717) is 29.1 Å². The molecule has 1 aliphatic rings. The van der Waals surface area contributed by atoms with E-state index in [2.05, 4.69) is 33.7 Å². The van der Waals surface area contributed by atoms with Gasteiger partial charge in [0, 0.05) is 55.9 Å². The minimum absolute atomic E-state index is 0.0400. The van der Waals surface area contributed by atoms with Crippen LogP contribution in [0, 0.1) is 5.82 Å². The Labute approximate surface area is 239 Å². The molecule has 1 fully saturated rings. The van der Waals surface area contributed by atoms with E-state index in [-0.39, 0.29) is 22.2 Å². The Kier molecular flexibility index (Phi) is 8.39. The van der Waals surface area contributed by atoms with Gasteiger partial charge in [0.25, 0.3) is 0 Å². The lowest BCUT2D eigenvalue weighted by atomic mass is 10.0. The lowest BCUT2D eigenvalue weighted by Gasteiger charge is -2.36. The first-order chi connectivity index (χ1) is 19.2. The zero-order valence-electron chi connectivity index (χ0n) is 23.0. The van der Waals surface area contributed by atoms with Crippen LogP contribution in [-0.2, 0) is 15.6 Å². The molecule has 0 amide bonds. The summed E-state index contributed by atoms with van der Waals surface area (Å²) in [7, 11) is -1.32. The fourth-order valence-corrected chi connectivity index (χ4v) is 7.34. The number of sulfone groups is 1. The van der Waals surface area contributed by atoms with Crippen LogP contribution in [0.3, 0.4) is 0 Å². The lowest BCUT2D eigenvalue weighted by Crippen LogP contribution is -2.43. The Bertz CT molecular complexity index is 1600. The van der Waals surface area contributed by atoms with E-state index in [1.54, 1.807) is 23.2 Å². The first kappa shape index (κ1) is 28.4. The molecule has 0 aliphatic carbocycles. The van der Waals surface area contributed by atoms with E-state index >= 15 is 4.39 Å². The van der Waals surface area contributed by atoms with Crippen molar-refractivity contribution in [1.29, 1.82) is 0 Å². The van der Waals surface area contributed by atoms with Gasteiger partial charge in [0.2, 0.25) is 0 Å². The zero-order chi connectivity index (χ0) is 28.4. The number of rotatable bonds is 9. The smallest absolute Gasteiger partial charge is 0.154 e. The summed E-state index contributed by atoms with van der Waals surface area (Å²) in [5.41, 5.74) is 3.21. The molecular formula is C29H34ClFN6O2S. The third kappa shape index (κ3) is 5.70. The molecular weight excluding hydrogens is 551 g/mol. The summed E-state index contributed by atoms with van der Waals surface area (Å²) in [5.74, 6) is 0.0519. The molecule has 0 bridgehead atoms. The maximum absolute atomic E-state index is 15.4. The van der Waals surface area contributed by atoms with E-state index in [1.807, 2.05) is 19.1 Å². The third-order valence-electron chi connectivity index (χ3n) is 7.70. The van der Waals surface area contributed by atoms with Crippen LogP contribution in [0.4, 0.5) is 10.2 Å². The number of halogens is 2. The number of piperidine rings is 1. The molecule has 0 unspecified atom stereocenters. The van der Waals surface area contributed by atoms with Gasteiger partial charge < -0.3 is 14.4 Å². The van der Waals surface area contributed by atoms with Crippen molar-refractivity contribution in [2.45, 2.75) is 44.9 Å². The van der Waals surface area contributed by atoms with Gasteiger partial charge in [0.05, 0.1) is 27.6 Å². The van der Waals surface area contributed by atoms with Crippen LogP contribution in [0.2, 0.25) is 5.02 Å². The zero-order valence-corrected chi connectivity index (χ0v) is 24.6. The highest BCUT2D eigenvalue weighted by atomic mass is 35.5. The van der Waals surface area contributed by atoms with Gasteiger partial charge >= 0.3 is 0 Å². The second kappa shape index (κ2) is 11.8. The molecule has 1 aliphatic heterocycles. The number of pyridine rings is 1. The number of likely N-dealkylation sites (tertiary alicyclic amines) is 1. The third-order valence-corrected chi connectivity index (χ3v) is 9.90. The van der Waals surface area contributed by atoms with Crippen LogP contribution in [0.25, 0.3) is 27.8 Å². The summed E-state index contributed by atoms with van der Waals surface area (Å²) in [6, 6.07) is 6.94. The van der Waals surface area contributed by atoms with Crippen molar-refractivity contribution in [3.05, 3.63) is 65.6 Å². The molecule has 11 heteroatoms. The Morgan fingerprint density at radius 3 is 2.50 bits per heavy atom. The van der Waals surface area contributed by atoms with E-state index in [4.69, 9.17) is 16.6 Å². The van der Waals surface area contributed by atoms with Gasteiger partial charge in [-0.15, -0.1) is 0 Å². The maximum atomic E-state index is 15.4. The van der Waals surface area contributed by atoms with Crippen LogP contribution in [0.5, 0.6) is 0 Å². The minimum Gasteiger partial charge on any atom is -0.357 e. The van der Waals surface area contributed by atoms with Crippen LogP contribution >= 0.6 is 11.6 Å². The highest BCUT2D eigenvalue weighted by molar-refractivity contribution is 7.90. The second-order valence-electron chi connectivity index (χ2n) is 10.3. The molecule has 0 radical (unpaired) electrons. The average Bonchev–Trinajstić information content (AvgIpc) is 3.33. The number of fused-ring (bicyclic) bond motifs is 1. The molecule has 1 saturated heterocycles. The molecule has 4 aromatic rings. The van der Waals surface area contributed by atoms with E-state index in [9.17, 15) is 8.42 Å². The van der Waals surface area contributed by atoms with Gasteiger partial charge in [0.1, 0.15) is 23.6 Å². The first-order valence-electron chi connectivity index (χ1n) is 13.6.